The molecule has 0 spiro atoms. The third-order valence-corrected chi connectivity index (χ3v) is 4.86. The predicted octanol–water partition coefficient (Wildman–Crippen LogP) is 4.47. The SMILES string of the molecule is COC(C(=O)O)C(O)c1ccc(OCCCOc2ccc(-c3ccccc3)cc2)cc1F. The molecule has 3 aromatic carbocycles. The van der Waals surface area contributed by atoms with Crippen LogP contribution in [0.3, 0.4) is 0 Å². The molecule has 0 radical (unpaired) electrons. The molecule has 0 amide bonds. The van der Waals surface area contributed by atoms with Crippen LogP contribution >= 0.6 is 0 Å². The number of hydrogen-bond acceptors (Lipinski definition) is 5. The summed E-state index contributed by atoms with van der Waals surface area (Å²) < 4.78 is 30.2. The van der Waals surface area contributed by atoms with Crippen LogP contribution in [0.4, 0.5) is 4.39 Å². The maximum Gasteiger partial charge on any atom is 0.335 e. The maximum atomic E-state index is 14.3. The average molecular weight is 440 g/mol. The Morgan fingerprint density at radius 3 is 2.09 bits per heavy atom. The van der Waals surface area contributed by atoms with Gasteiger partial charge in [0.1, 0.15) is 23.4 Å². The molecule has 3 rings (SSSR count). The lowest BCUT2D eigenvalue weighted by molar-refractivity contribution is -0.156. The molecule has 32 heavy (non-hydrogen) atoms. The summed E-state index contributed by atoms with van der Waals surface area (Å²) in [6.07, 6.45) is -2.61. The van der Waals surface area contributed by atoms with Crippen molar-refractivity contribution in [3.8, 4) is 22.6 Å². The summed E-state index contributed by atoms with van der Waals surface area (Å²) in [5.41, 5.74) is 2.07. The van der Waals surface area contributed by atoms with E-state index < -0.39 is 24.0 Å². The van der Waals surface area contributed by atoms with Crippen molar-refractivity contribution < 1.29 is 33.6 Å². The van der Waals surface area contributed by atoms with Gasteiger partial charge in [-0.25, -0.2) is 9.18 Å². The molecule has 0 aromatic heterocycles. The molecule has 0 bridgehead atoms. The van der Waals surface area contributed by atoms with Gasteiger partial charge in [0.05, 0.1) is 13.2 Å². The summed E-state index contributed by atoms with van der Waals surface area (Å²) >= 11 is 0. The lowest BCUT2D eigenvalue weighted by Crippen LogP contribution is -2.30. The average Bonchev–Trinajstić information content (AvgIpc) is 2.80. The number of halogens is 1. The van der Waals surface area contributed by atoms with E-state index in [1.807, 2.05) is 54.6 Å². The van der Waals surface area contributed by atoms with Crippen molar-refractivity contribution in [3.05, 3.63) is 84.2 Å². The largest absolute Gasteiger partial charge is 0.493 e. The molecule has 2 atom stereocenters. The smallest absolute Gasteiger partial charge is 0.335 e. The second kappa shape index (κ2) is 11.3. The van der Waals surface area contributed by atoms with Gasteiger partial charge in [0.2, 0.25) is 0 Å². The van der Waals surface area contributed by atoms with E-state index in [2.05, 4.69) is 0 Å². The maximum absolute atomic E-state index is 14.3. The molecule has 0 aliphatic carbocycles. The standard InChI is InChI=1S/C25H25FO6/c1-30-24(25(28)29)23(27)21-13-12-20(16-22(21)26)32-15-5-14-31-19-10-8-18(9-11-19)17-6-3-2-4-7-17/h2-4,6-13,16,23-24,27H,5,14-15H2,1H3,(H,28,29). The molecule has 0 heterocycles. The van der Waals surface area contributed by atoms with Crippen molar-refractivity contribution in [2.24, 2.45) is 0 Å². The van der Waals surface area contributed by atoms with Crippen molar-refractivity contribution in [1.29, 1.82) is 0 Å². The number of aliphatic carboxylic acids is 1. The number of rotatable bonds is 11. The summed E-state index contributed by atoms with van der Waals surface area (Å²) in [5, 5.41) is 19.1. The van der Waals surface area contributed by atoms with E-state index >= 15 is 0 Å². The van der Waals surface area contributed by atoms with Crippen molar-refractivity contribution in [1.82, 2.24) is 0 Å². The number of carboxylic acid groups (broad SMARTS) is 1. The minimum atomic E-state index is -1.63. The van der Waals surface area contributed by atoms with Crippen LogP contribution < -0.4 is 9.47 Å². The Kier molecular flexibility index (Phi) is 8.19. The van der Waals surface area contributed by atoms with Gasteiger partial charge in [0, 0.05) is 25.2 Å². The quantitative estimate of drug-likeness (QED) is 0.428. The Balaban J connectivity index is 1.45. The molecular formula is C25H25FO6. The fourth-order valence-corrected chi connectivity index (χ4v) is 3.18. The first-order valence-electron chi connectivity index (χ1n) is 10.1. The number of methoxy groups -OCH3 is 1. The molecule has 2 unspecified atom stereocenters. The zero-order valence-electron chi connectivity index (χ0n) is 17.6. The van der Waals surface area contributed by atoms with Crippen molar-refractivity contribution in [3.63, 3.8) is 0 Å². The van der Waals surface area contributed by atoms with E-state index in [0.717, 1.165) is 30.1 Å². The Morgan fingerprint density at radius 2 is 1.50 bits per heavy atom. The van der Waals surface area contributed by atoms with Crippen molar-refractivity contribution in [2.45, 2.75) is 18.6 Å². The molecule has 6 nitrogen and oxygen atoms in total. The fraction of sp³-hybridized carbons (Fsp3) is 0.240. The molecule has 0 aliphatic rings. The summed E-state index contributed by atoms with van der Waals surface area (Å²) in [4.78, 5) is 11.1. The summed E-state index contributed by atoms with van der Waals surface area (Å²) in [6.45, 7) is 0.733. The van der Waals surface area contributed by atoms with E-state index in [-0.39, 0.29) is 11.3 Å². The third kappa shape index (κ3) is 6.06. The van der Waals surface area contributed by atoms with Crippen LogP contribution in [0.15, 0.2) is 72.8 Å². The van der Waals surface area contributed by atoms with E-state index in [1.165, 1.54) is 12.1 Å². The number of benzene rings is 3. The fourth-order valence-electron chi connectivity index (χ4n) is 3.18. The highest BCUT2D eigenvalue weighted by Crippen LogP contribution is 2.26. The second-order valence-corrected chi connectivity index (χ2v) is 7.06. The van der Waals surface area contributed by atoms with Crippen LogP contribution in [0.25, 0.3) is 11.1 Å². The highest BCUT2D eigenvalue weighted by molar-refractivity contribution is 5.73. The Hall–Kier alpha value is -3.42. The number of aliphatic hydroxyl groups excluding tert-OH is 1. The highest BCUT2D eigenvalue weighted by Gasteiger charge is 2.29. The van der Waals surface area contributed by atoms with Gasteiger partial charge in [0.15, 0.2) is 6.10 Å². The van der Waals surface area contributed by atoms with Gasteiger partial charge in [-0.1, -0.05) is 42.5 Å². The van der Waals surface area contributed by atoms with E-state index in [1.54, 1.807) is 0 Å². The van der Waals surface area contributed by atoms with Gasteiger partial charge in [0.25, 0.3) is 0 Å². The monoisotopic (exact) mass is 440 g/mol. The van der Waals surface area contributed by atoms with Gasteiger partial charge in [-0.05, 0) is 35.4 Å². The summed E-state index contributed by atoms with van der Waals surface area (Å²) in [5.74, 6) is -1.13. The Bertz CT molecular complexity index is 1010. The predicted molar refractivity (Wildman–Crippen MR) is 117 cm³/mol. The van der Waals surface area contributed by atoms with Crippen molar-refractivity contribution >= 4 is 5.97 Å². The number of aliphatic hydroxyl groups is 1. The number of ether oxygens (including phenoxy) is 3. The number of hydrogen-bond donors (Lipinski definition) is 2. The van der Waals surface area contributed by atoms with Crippen LogP contribution in [-0.4, -0.2) is 42.6 Å². The lowest BCUT2D eigenvalue weighted by Gasteiger charge is -2.19. The second-order valence-electron chi connectivity index (χ2n) is 7.06. The molecule has 0 saturated heterocycles. The molecule has 2 N–H and O–H groups in total. The van der Waals surface area contributed by atoms with E-state index in [0.29, 0.717) is 19.6 Å². The highest BCUT2D eigenvalue weighted by atomic mass is 19.1. The summed E-state index contributed by atoms with van der Waals surface area (Å²) in [7, 11) is 1.14. The van der Waals surface area contributed by atoms with Crippen LogP contribution in [0.5, 0.6) is 11.5 Å². The first-order valence-corrected chi connectivity index (χ1v) is 10.1. The van der Waals surface area contributed by atoms with Crippen LogP contribution in [0.1, 0.15) is 18.1 Å². The number of carboxylic acids is 1. The minimum Gasteiger partial charge on any atom is -0.493 e. The molecule has 168 valence electrons. The normalized spacial score (nSPS) is 12.7. The van der Waals surface area contributed by atoms with Crippen LogP contribution in [-0.2, 0) is 9.53 Å². The molecule has 0 saturated carbocycles. The first-order chi connectivity index (χ1) is 15.5. The first kappa shape index (κ1) is 23.2. The van der Waals surface area contributed by atoms with Gasteiger partial charge in [-0.3, -0.25) is 0 Å². The van der Waals surface area contributed by atoms with E-state index in [9.17, 15) is 14.3 Å². The topological polar surface area (TPSA) is 85.2 Å². The molecule has 7 heteroatoms. The van der Waals surface area contributed by atoms with Crippen LogP contribution in [0.2, 0.25) is 0 Å². The minimum absolute atomic E-state index is 0.172. The van der Waals surface area contributed by atoms with Crippen LogP contribution in [0, 0.1) is 5.82 Å². The lowest BCUT2D eigenvalue weighted by atomic mass is 10.0. The van der Waals surface area contributed by atoms with Gasteiger partial charge in [-0.2, -0.15) is 0 Å². The Labute approximate surface area is 185 Å². The Morgan fingerprint density at radius 1 is 0.906 bits per heavy atom. The van der Waals surface area contributed by atoms with Gasteiger partial charge >= 0.3 is 5.97 Å². The summed E-state index contributed by atoms with van der Waals surface area (Å²) in [6, 6.07) is 21.7. The van der Waals surface area contributed by atoms with Crippen molar-refractivity contribution in [2.75, 3.05) is 20.3 Å². The number of carbonyl (C=O) groups is 1. The van der Waals surface area contributed by atoms with E-state index in [4.69, 9.17) is 19.3 Å². The molecule has 0 aliphatic heterocycles. The van der Waals surface area contributed by atoms with Gasteiger partial charge in [-0.15, -0.1) is 0 Å². The molecule has 0 fully saturated rings. The third-order valence-electron chi connectivity index (χ3n) is 4.86. The zero-order chi connectivity index (χ0) is 22.9. The zero-order valence-corrected chi connectivity index (χ0v) is 17.6. The molecule has 3 aromatic rings. The van der Waals surface area contributed by atoms with Gasteiger partial charge < -0.3 is 24.4 Å². The molecular weight excluding hydrogens is 415 g/mol.